The van der Waals surface area contributed by atoms with Crippen molar-refractivity contribution in [1.82, 2.24) is 0 Å². The lowest BCUT2D eigenvalue weighted by molar-refractivity contribution is -0.287. The van der Waals surface area contributed by atoms with Crippen LogP contribution in [0, 0.1) is 5.92 Å². The maximum atomic E-state index is 14.4. The number of aromatic hydroxyl groups is 12. The predicted molar refractivity (Wildman–Crippen MR) is 207 cm³/mol. The van der Waals surface area contributed by atoms with Gasteiger partial charge in [0.15, 0.2) is 87.0 Å². The zero-order chi connectivity index (χ0) is 49.1. The molecule has 7 rings (SSSR count). The minimum atomic E-state index is -2.55. The van der Waals surface area contributed by atoms with Crippen LogP contribution >= 0.6 is 0 Å². The van der Waals surface area contributed by atoms with Crippen LogP contribution in [0.3, 0.4) is 0 Å². The van der Waals surface area contributed by atoms with Gasteiger partial charge in [0.05, 0.1) is 22.3 Å². The molecule has 2 aliphatic heterocycles. The second-order valence-corrected chi connectivity index (χ2v) is 14.4. The van der Waals surface area contributed by atoms with Crippen LogP contribution in [-0.4, -0.2) is 144 Å². The zero-order valence-corrected chi connectivity index (χ0v) is 32.9. The number of carbonyl (C=O) groups is 6. The van der Waals surface area contributed by atoms with Crippen molar-refractivity contribution >= 4 is 41.2 Å². The van der Waals surface area contributed by atoms with Gasteiger partial charge >= 0.3 is 29.8 Å². The molecule has 3 aliphatic rings. The third kappa shape index (κ3) is 8.16. The number of ether oxygens (including phenoxy) is 6. The van der Waals surface area contributed by atoms with Gasteiger partial charge in [-0.05, 0) is 48.5 Å². The van der Waals surface area contributed by atoms with E-state index in [4.69, 9.17) is 28.4 Å². The molecule has 1 fully saturated rings. The Balaban J connectivity index is 1.43. The molecule has 4 aromatic rings. The SMILES string of the molecule is O=C1C(O)=CC2C(=O)OC3C(COC(=O)c4cc(O)c(O)c(O)c4C2=C1O)OC(OC(=O)c1cc(O)c(O)c(O)c1)C(OC(=O)c1cc(O)c(O)c(O)c1)C3OC(=O)c1cc(O)c(O)c(O)c1. The van der Waals surface area contributed by atoms with Gasteiger partial charge in [-0.25, -0.2) is 19.2 Å². The van der Waals surface area contributed by atoms with Crippen molar-refractivity contribution in [3.8, 4) is 69.0 Å². The highest BCUT2D eigenvalue weighted by Gasteiger charge is 2.56. The van der Waals surface area contributed by atoms with E-state index in [1.165, 1.54) is 0 Å². The summed E-state index contributed by atoms with van der Waals surface area (Å²) in [7, 11) is 0. The number of phenols is 12. The van der Waals surface area contributed by atoms with Crippen molar-refractivity contribution in [2.45, 2.75) is 30.7 Å². The summed E-state index contributed by atoms with van der Waals surface area (Å²) in [6.07, 6.45) is -11.8. The number of fused-ring (bicyclic) bond motifs is 4. The number of aliphatic hydroxyl groups is 2. The summed E-state index contributed by atoms with van der Waals surface area (Å²) in [6, 6.07) is 3.72. The molecule has 6 unspecified atom stereocenters. The molecular formula is C41H30O26. The predicted octanol–water partition coefficient (Wildman–Crippen LogP) is 1.18. The molecule has 0 radical (unpaired) electrons. The Morgan fingerprint density at radius 1 is 0.537 bits per heavy atom. The summed E-state index contributed by atoms with van der Waals surface area (Å²) < 4.78 is 33.5. The van der Waals surface area contributed by atoms with Gasteiger partial charge in [0.1, 0.15) is 18.6 Å². The molecule has 0 aromatic heterocycles. The van der Waals surface area contributed by atoms with Gasteiger partial charge < -0.3 is 99.9 Å². The zero-order valence-electron chi connectivity index (χ0n) is 32.9. The Morgan fingerprint density at radius 3 is 1.45 bits per heavy atom. The third-order valence-electron chi connectivity index (χ3n) is 10.2. The monoisotopic (exact) mass is 938 g/mol. The Labute approximate surface area is 369 Å². The molecule has 67 heavy (non-hydrogen) atoms. The number of hydrogen-bond acceptors (Lipinski definition) is 26. The maximum absolute atomic E-state index is 14.4. The van der Waals surface area contributed by atoms with Gasteiger partial charge in [0.25, 0.3) is 5.78 Å². The Kier molecular flexibility index (Phi) is 11.5. The first-order valence-electron chi connectivity index (χ1n) is 18.6. The molecule has 14 N–H and O–H groups in total. The van der Waals surface area contributed by atoms with Gasteiger partial charge in [-0.3, -0.25) is 9.59 Å². The van der Waals surface area contributed by atoms with Crippen molar-refractivity contribution in [3.63, 3.8) is 0 Å². The molecule has 0 spiro atoms. The summed E-state index contributed by atoms with van der Waals surface area (Å²) in [6.45, 7) is -1.27. The molecule has 4 aromatic carbocycles. The van der Waals surface area contributed by atoms with Crippen LogP contribution in [0.4, 0.5) is 0 Å². The van der Waals surface area contributed by atoms with Crippen LogP contribution in [0.15, 0.2) is 60.1 Å². The lowest BCUT2D eigenvalue weighted by Crippen LogP contribution is -2.63. The summed E-state index contributed by atoms with van der Waals surface area (Å²) in [5.41, 5.74) is -5.53. The molecule has 1 saturated heterocycles. The van der Waals surface area contributed by atoms with Crippen LogP contribution < -0.4 is 0 Å². The smallest absolute Gasteiger partial charge is 0.340 e. The van der Waals surface area contributed by atoms with Crippen molar-refractivity contribution in [1.29, 1.82) is 0 Å². The fourth-order valence-electron chi connectivity index (χ4n) is 6.92. The van der Waals surface area contributed by atoms with Crippen LogP contribution in [-0.2, 0) is 38.0 Å². The number of ketones is 1. The van der Waals surface area contributed by atoms with Gasteiger partial charge in [-0.1, -0.05) is 0 Å². The van der Waals surface area contributed by atoms with Crippen molar-refractivity contribution in [2.75, 3.05) is 6.61 Å². The van der Waals surface area contributed by atoms with E-state index in [1.54, 1.807) is 0 Å². The minimum Gasteiger partial charge on any atom is -0.504 e. The molecular weight excluding hydrogens is 908 g/mol. The second-order valence-electron chi connectivity index (χ2n) is 14.4. The molecule has 0 saturated carbocycles. The van der Waals surface area contributed by atoms with E-state index in [2.05, 4.69) is 0 Å². The number of esters is 5. The van der Waals surface area contributed by atoms with Crippen LogP contribution in [0.25, 0.3) is 5.57 Å². The number of Topliss-reactive ketones (excluding diaryl/α,β-unsaturated/α-hetero) is 1. The molecule has 1 aliphatic carbocycles. The van der Waals surface area contributed by atoms with E-state index < -0.39 is 193 Å². The summed E-state index contributed by atoms with van der Waals surface area (Å²) in [5.74, 6) is -29.2. The highest BCUT2D eigenvalue weighted by atomic mass is 16.7. The van der Waals surface area contributed by atoms with E-state index in [9.17, 15) is 100 Å². The fourth-order valence-corrected chi connectivity index (χ4v) is 6.92. The van der Waals surface area contributed by atoms with E-state index in [1.807, 2.05) is 0 Å². The fraction of sp³-hybridized carbons (Fsp3) is 0.171. The Morgan fingerprint density at radius 2 is 0.970 bits per heavy atom. The second kappa shape index (κ2) is 16.9. The minimum absolute atomic E-state index is 0.423. The van der Waals surface area contributed by atoms with Crippen molar-refractivity contribution in [3.05, 3.63) is 87.9 Å². The lowest BCUT2D eigenvalue weighted by Gasteiger charge is -2.44. The van der Waals surface area contributed by atoms with Crippen LogP contribution in [0.5, 0.6) is 69.0 Å². The highest BCUT2D eigenvalue weighted by Crippen LogP contribution is 2.48. The summed E-state index contributed by atoms with van der Waals surface area (Å²) in [5, 5.41) is 144. The average molecular weight is 939 g/mol. The molecule has 350 valence electrons. The molecule has 0 amide bonds. The first kappa shape index (κ1) is 45.6. The molecule has 2 heterocycles. The van der Waals surface area contributed by atoms with Crippen molar-refractivity contribution in [2.24, 2.45) is 5.92 Å². The average Bonchev–Trinajstić information content (AvgIpc) is 3.29. The Hall–Kier alpha value is -9.46. The van der Waals surface area contributed by atoms with Gasteiger partial charge in [0, 0.05) is 11.1 Å². The first-order chi connectivity index (χ1) is 31.5. The number of benzene rings is 4. The molecule has 26 nitrogen and oxygen atoms in total. The number of carbonyl (C=O) groups excluding carboxylic acids is 6. The quantitative estimate of drug-likeness (QED) is 0.0733. The largest absolute Gasteiger partial charge is 0.504 e. The van der Waals surface area contributed by atoms with E-state index in [0.29, 0.717) is 48.5 Å². The maximum Gasteiger partial charge on any atom is 0.340 e. The molecule has 0 bridgehead atoms. The number of cyclic esters (lactones) is 1. The van der Waals surface area contributed by atoms with E-state index in [0.717, 1.165) is 0 Å². The molecule has 6 atom stereocenters. The van der Waals surface area contributed by atoms with Crippen LogP contribution in [0.2, 0.25) is 0 Å². The normalized spacial score (nSPS) is 21.5. The van der Waals surface area contributed by atoms with Gasteiger partial charge in [-0.2, -0.15) is 0 Å². The van der Waals surface area contributed by atoms with E-state index >= 15 is 0 Å². The lowest BCUT2D eigenvalue weighted by atomic mass is 9.82. The van der Waals surface area contributed by atoms with Crippen LogP contribution in [0.1, 0.15) is 47.0 Å². The first-order valence-corrected chi connectivity index (χ1v) is 18.6. The van der Waals surface area contributed by atoms with Gasteiger partial charge in [-0.15, -0.1) is 0 Å². The standard InChI is InChI=1S/C41H30O26/c42-15-1-10(2-16(43)26(15)50)36(57)65-34-33-23(9-62-39(60)13-7-21(48)29(53)31(55)24(13)25-14(40(61)64-33)8-22(49)30(54)32(25)56)63-41(67-38(59)12-5-19(46)28(52)20(47)6-12)35(34)66-37(58)11-3-17(44)27(51)18(45)4-11/h1-8,14,23,33-35,41-53,55-56H,9H2. The Bertz CT molecular complexity index is 2830. The summed E-state index contributed by atoms with van der Waals surface area (Å²) >= 11 is 0. The number of hydrogen-bond donors (Lipinski definition) is 14. The number of phenolic OH excluding ortho intramolecular Hbond substituents is 12. The van der Waals surface area contributed by atoms with Gasteiger partial charge in [0.2, 0.25) is 18.1 Å². The number of aliphatic hydroxyl groups excluding tert-OH is 2. The summed E-state index contributed by atoms with van der Waals surface area (Å²) in [4.78, 5) is 82.6. The number of rotatable bonds is 6. The highest BCUT2D eigenvalue weighted by molar-refractivity contribution is 6.16. The molecule has 26 heteroatoms. The van der Waals surface area contributed by atoms with Crippen molar-refractivity contribution < 1.29 is 129 Å². The third-order valence-corrected chi connectivity index (χ3v) is 10.2. The topological polar surface area (TPSA) is 441 Å². The van der Waals surface area contributed by atoms with E-state index in [-0.39, 0.29) is 0 Å².